The Morgan fingerprint density at radius 3 is 3.00 bits per heavy atom. The van der Waals surface area contributed by atoms with Gasteiger partial charge in [-0.15, -0.1) is 0 Å². The summed E-state index contributed by atoms with van der Waals surface area (Å²) in [6.07, 6.45) is 3.18. The highest BCUT2D eigenvalue weighted by Gasteiger charge is 2.13. The number of aromatic nitrogens is 2. The van der Waals surface area contributed by atoms with Gasteiger partial charge in [0.05, 0.1) is 0 Å². The predicted molar refractivity (Wildman–Crippen MR) is 47.5 cm³/mol. The largest absolute Gasteiger partial charge is 0.476 e. The second kappa shape index (κ2) is 4.04. The van der Waals surface area contributed by atoms with Crippen LogP contribution in [0, 0.1) is 0 Å². The van der Waals surface area contributed by atoms with E-state index in [0.29, 0.717) is 13.0 Å². The Balaban J connectivity index is 2.84. The first-order valence-corrected chi connectivity index (χ1v) is 4.11. The molecule has 0 aliphatic carbocycles. The molecule has 0 spiro atoms. The van der Waals surface area contributed by atoms with E-state index in [4.69, 9.17) is 10.8 Å². The lowest BCUT2D eigenvalue weighted by molar-refractivity contribution is 0.0688. The van der Waals surface area contributed by atoms with E-state index in [1.165, 1.54) is 4.68 Å². The third-order valence-electron chi connectivity index (χ3n) is 1.76. The van der Waals surface area contributed by atoms with Crippen LogP contribution >= 0.6 is 0 Å². The van der Waals surface area contributed by atoms with E-state index < -0.39 is 5.97 Å². The minimum absolute atomic E-state index is 0.135. The van der Waals surface area contributed by atoms with Gasteiger partial charge in [-0.1, -0.05) is 0 Å². The molecule has 0 fully saturated rings. The van der Waals surface area contributed by atoms with Crippen molar-refractivity contribution in [3.05, 3.63) is 17.5 Å². The minimum atomic E-state index is -0.979. The first-order chi connectivity index (χ1) is 6.15. The average molecular weight is 183 g/mol. The maximum absolute atomic E-state index is 10.7. The number of rotatable bonds is 4. The molecule has 0 amide bonds. The molecule has 0 atom stereocenters. The van der Waals surface area contributed by atoms with Crippen LogP contribution in [0.5, 0.6) is 0 Å². The Morgan fingerprint density at radius 2 is 2.46 bits per heavy atom. The summed E-state index contributed by atoms with van der Waals surface area (Å²) in [5, 5.41) is 12.6. The van der Waals surface area contributed by atoms with Crippen LogP contribution in [0.25, 0.3) is 0 Å². The molecular formula is C8H13N3O2. The second-order valence-corrected chi connectivity index (χ2v) is 2.87. The fourth-order valence-corrected chi connectivity index (χ4v) is 1.19. The van der Waals surface area contributed by atoms with Gasteiger partial charge >= 0.3 is 5.97 Å². The molecule has 0 unspecified atom stereocenters. The highest BCUT2D eigenvalue weighted by atomic mass is 16.4. The lowest BCUT2D eigenvalue weighted by Gasteiger charge is -1.95. The van der Waals surface area contributed by atoms with Gasteiger partial charge in [0.1, 0.15) is 0 Å². The van der Waals surface area contributed by atoms with Gasteiger partial charge in [-0.3, -0.25) is 4.68 Å². The van der Waals surface area contributed by atoms with E-state index in [1.807, 2.05) is 0 Å². The summed E-state index contributed by atoms with van der Waals surface area (Å²) in [4.78, 5) is 10.7. The number of aryl methyl sites for hydroxylation is 2. The molecule has 0 saturated heterocycles. The maximum atomic E-state index is 10.7. The number of nitrogens with zero attached hydrogens (tertiary/aromatic N) is 2. The molecule has 13 heavy (non-hydrogen) atoms. The van der Waals surface area contributed by atoms with Gasteiger partial charge in [0.15, 0.2) is 5.69 Å². The van der Waals surface area contributed by atoms with Crippen molar-refractivity contribution in [2.45, 2.75) is 12.8 Å². The molecule has 5 heteroatoms. The molecule has 1 aromatic heterocycles. The van der Waals surface area contributed by atoms with Crippen LogP contribution < -0.4 is 5.73 Å². The molecular weight excluding hydrogens is 170 g/mol. The predicted octanol–water partition coefficient (Wildman–Crippen LogP) is 0.00960. The van der Waals surface area contributed by atoms with Crippen LogP contribution in [-0.2, 0) is 13.5 Å². The van der Waals surface area contributed by atoms with Crippen LogP contribution in [0.1, 0.15) is 22.5 Å². The third-order valence-corrected chi connectivity index (χ3v) is 1.76. The Morgan fingerprint density at radius 1 is 1.77 bits per heavy atom. The molecule has 5 nitrogen and oxygen atoms in total. The van der Waals surface area contributed by atoms with E-state index >= 15 is 0 Å². The Labute approximate surface area is 76.2 Å². The lowest BCUT2D eigenvalue weighted by atomic mass is 10.1. The van der Waals surface area contributed by atoms with Gasteiger partial charge < -0.3 is 10.8 Å². The van der Waals surface area contributed by atoms with Crippen LogP contribution in [0.3, 0.4) is 0 Å². The number of aromatic carboxylic acids is 1. The zero-order valence-electron chi connectivity index (χ0n) is 7.53. The van der Waals surface area contributed by atoms with Crippen molar-refractivity contribution in [1.82, 2.24) is 9.78 Å². The van der Waals surface area contributed by atoms with Gasteiger partial charge in [0, 0.05) is 18.8 Å². The number of carboxylic acid groups (broad SMARTS) is 1. The first kappa shape index (κ1) is 9.73. The van der Waals surface area contributed by atoms with Crippen molar-refractivity contribution < 1.29 is 9.90 Å². The summed E-state index contributed by atoms with van der Waals surface area (Å²) in [5.41, 5.74) is 6.22. The SMILES string of the molecule is Cn1cc(CCCN)c(C(=O)O)n1. The number of carboxylic acids is 1. The molecule has 0 radical (unpaired) electrons. The topological polar surface area (TPSA) is 81.1 Å². The van der Waals surface area contributed by atoms with Crippen molar-refractivity contribution in [3.8, 4) is 0 Å². The maximum Gasteiger partial charge on any atom is 0.356 e. The average Bonchev–Trinajstić information content (AvgIpc) is 2.43. The summed E-state index contributed by atoms with van der Waals surface area (Å²) in [6.45, 7) is 0.563. The first-order valence-electron chi connectivity index (χ1n) is 4.11. The molecule has 0 saturated carbocycles. The highest BCUT2D eigenvalue weighted by molar-refractivity contribution is 5.86. The summed E-state index contributed by atoms with van der Waals surface area (Å²) >= 11 is 0. The van der Waals surface area contributed by atoms with E-state index in [0.717, 1.165) is 12.0 Å². The minimum Gasteiger partial charge on any atom is -0.476 e. The Hall–Kier alpha value is -1.36. The fraction of sp³-hybridized carbons (Fsp3) is 0.500. The third kappa shape index (κ3) is 2.29. The van der Waals surface area contributed by atoms with Crippen molar-refractivity contribution in [1.29, 1.82) is 0 Å². The van der Waals surface area contributed by atoms with Gasteiger partial charge in [0.25, 0.3) is 0 Å². The highest BCUT2D eigenvalue weighted by Crippen LogP contribution is 2.08. The number of nitrogens with two attached hydrogens (primary N) is 1. The Bertz CT molecular complexity index is 306. The van der Waals surface area contributed by atoms with Crippen molar-refractivity contribution in [2.75, 3.05) is 6.54 Å². The smallest absolute Gasteiger partial charge is 0.356 e. The van der Waals surface area contributed by atoms with Crippen molar-refractivity contribution >= 4 is 5.97 Å². The van der Waals surface area contributed by atoms with E-state index in [-0.39, 0.29) is 5.69 Å². The standard InChI is InChI=1S/C8H13N3O2/c1-11-5-6(3-2-4-9)7(10-11)8(12)13/h5H,2-4,9H2,1H3,(H,12,13). The van der Waals surface area contributed by atoms with Gasteiger partial charge in [-0.2, -0.15) is 5.10 Å². The van der Waals surface area contributed by atoms with E-state index in [9.17, 15) is 4.79 Å². The normalized spacial score (nSPS) is 10.3. The lowest BCUT2D eigenvalue weighted by Crippen LogP contribution is -2.05. The van der Waals surface area contributed by atoms with E-state index in [2.05, 4.69) is 5.10 Å². The quantitative estimate of drug-likeness (QED) is 0.689. The molecule has 1 rings (SSSR count). The van der Waals surface area contributed by atoms with Gasteiger partial charge in [0.2, 0.25) is 0 Å². The van der Waals surface area contributed by atoms with E-state index in [1.54, 1.807) is 13.2 Å². The van der Waals surface area contributed by atoms with Crippen LogP contribution in [0.4, 0.5) is 0 Å². The number of carbonyl (C=O) groups is 1. The second-order valence-electron chi connectivity index (χ2n) is 2.87. The van der Waals surface area contributed by atoms with Crippen LogP contribution in [0.2, 0.25) is 0 Å². The fourth-order valence-electron chi connectivity index (χ4n) is 1.19. The molecule has 0 bridgehead atoms. The van der Waals surface area contributed by atoms with Gasteiger partial charge in [-0.25, -0.2) is 4.79 Å². The van der Waals surface area contributed by atoms with Crippen molar-refractivity contribution in [3.63, 3.8) is 0 Å². The zero-order valence-corrected chi connectivity index (χ0v) is 7.53. The summed E-state index contributed by atoms with van der Waals surface area (Å²) < 4.78 is 1.51. The zero-order chi connectivity index (χ0) is 9.84. The number of hydrogen-bond acceptors (Lipinski definition) is 3. The molecule has 0 aromatic carbocycles. The molecule has 0 aliphatic rings. The summed E-state index contributed by atoms with van der Waals surface area (Å²) in [5.74, 6) is -0.979. The van der Waals surface area contributed by atoms with Gasteiger partial charge in [-0.05, 0) is 19.4 Å². The summed E-state index contributed by atoms with van der Waals surface area (Å²) in [6, 6.07) is 0. The molecule has 3 N–H and O–H groups in total. The molecule has 72 valence electrons. The van der Waals surface area contributed by atoms with Crippen LogP contribution in [0.15, 0.2) is 6.20 Å². The Kier molecular flexibility index (Phi) is 3.02. The molecule has 0 aliphatic heterocycles. The monoisotopic (exact) mass is 183 g/mol. The summed E-state index contributed by atoms with van der Waals surface area (Å²) in [7, 11) is 1.71. The van der Waals surface area contributed by atoms with Crippen molar-refractivity contribution in [2.24, 2.45) is 12.8 Å². The molecule has 1 heterocycles. The number of hydrogen-bond donors (Lipinski definition) is 2. The molecule has 1 aromatic rings. The van der Waals surface area contributed by atoms with Crippen LogP contribution in [-0.4, -0.2) is 27.4 Å².